The predicted molar refractivity (Wildman–Crippen MR) is 200 cm³/mol. The Morgan fingerprint density at radius 1 is 0.431 bits per heavy atom. The fourth-order valence-corrected chi connectivity index (χ4v) is 10.6. The number of aromatic nitrogens is 3. The standard InChI is InChI=1S/C36H54N6O6S3/c1-28(2)16-19-49(43,44)40-22-31-10-7-12-33(37-31)24-41(50(45,46)20-17-29(3)4)26-35-14-9-15-36(39-35)27-42(51(47,48)21-18-30(5)6)25-34-13-8-11-32(23-40)38-34/h7-15,28-30H,16-27H2,1-6H3. The number of pyridine rings is 3. The summed E-state index contributed by atoms with van der Waals surface area (Å²) in [4.78, 5) is 14.3. The van der Waals surface area contributed by atoms with Gasteiger partial charge in [0.1, 0.15) is 0 Å². The van der Waals surface area contributed by atoms with Crippen molar-refractivity contribution in [1.82, 2.24) is 27.9 Å². The molecule has 0 atom stereocenters. The van der Waals surface area contributed by atoms with Gasteiger partial charge in [0.2, 0.25) is 30.1 Å². The van der Waals surface area contributed by atoms with E-state index in [0.717, 1.165) is 0 Å². The maximum atomic E-state index is 13.8. The van der Waals surface area contributed by atoms with Crippen molar-refractivity contribution >= 4 is 30.1 Å². The molecule has 6 bridgehead atoms. The van der Waals surface area contributed by atoms with Crippen molar-refractivity contribution in [3.05, 3.63) is 88.8 Å². The van der Waals surface area contributed by atoms with Crippen molar-refractivity contribution < 1.29 is 25.3 Å². The first-order valence-corrected chi connectivity index (χ1v) is 22.5. The predicted octanol–water partition coefficient (Wildman–Crippen LogP) is 5.32. The Balaban J connectivity index is 1.84. The van der Waals surface area contributed by atoms with Crippen LogP contribution in [0.2, 0.25) is 0 Å². The Morgan fingerprint density at radius 3 is 0.804 bits per heavy atom. The van der Waals surface area contributed by atoms with Crippen molar-refractivity contribution in [2.75, 3.05) is 17.3 Å². The first kappa shape index (κ1) is 40.9. The summed E-state index contributed by atoms with van der Waals surface area (Å²) in [6, 6.07) is 15.7. The SMILES string of the molecule is CC(C)CCS(=O)(=O)N1Cc2cccc(n2)CN(S(=O)(=O)CCC(C)C)Cc2cccc(n2)CN(S(=O)(=O)CCC(C)C)Cc2cccc(n2)C1. The van der Waals surface area contributed by atoms with E-state index in [1.54, 1.807) is 54.6 Å². The molecule has 0 unspecified atom stereocenters. The molecule has 4 heterocycles. The highest BCUT2D eigenvalue weighted by molar-refractivity contribution is 7.89. The molecule has 0 aliphatic carbocycles. The molecule has 1 aliphatic heterocycles. The zero-order valence-electron chi connectivity index (χ0n) is 30.8. The van der Waals surface area contributed by atoms with Gasteiger partial charge in [0, 0.05) is 0 Å². The maximum Gasteiger partial charge on any atom is 0.214 e. The lowest BCUT2D eigenvalue weighted by Crippen LogP contribution is -2.35. The topological polar surface area (TPSA) is 151 Å². The zero-order chi connectivity index (χ0) is 37.4. The van der Waals surface area contributed by atoms with Crippen LogP contribution in [0, 0.1) is 17.8 Å². The summed E-state index contributed by atoms with van der Waals surface area (Å²) in [6.45, 7) is 11.6. The van der Waals surface area contributed by atoms with Crippen LogP contribution in [0.25, 0.3) is 0 Å². The van der Waals surface area contributed by atoms with Gasteiger partial charge in [-0.3, -0.25) is 15.0 Å². The number of sulfonamides is 3. The Labute approximate surface area is 305 Å². The number of hydrogen-bond donors (Lipinski definition) is 0. The molecule has 12 nitrogen and oxygen atoms in total. The second-order valence-electron chi connectivity index (χ2n) is 14.7. The quantitative estimate of drug-likeness (QED) is 0.239. The minimum Gasteiger partial charge on any atom is -0.255 e. The van der Waals surface area contributed by atoms with Crippen LogP contribution in [-0.4, -0.2) is 70.4 Å². The van der Waals surface area contributed by atoms with E-state index in [1.807, 2.05) is 41.5 Å². The number of fused-ring (bicyclic) bond motifs is 6. The molecule has 0 N–H and O–H groups in total. The van der Waals surface area contributed by atoms with Gasteiger partial charge in [0.15, 0.2) is 0 Å². The lowest BCUT2D eigenvalue weighted by atomic mass is 10.2. The molecule has 0 fully saturated rings. The van der Waals surface area contributed by atoms with Gasteiger partial charge >= 0.3 is 0 Å². The van der Waals surface area contributed by atoms with Crippen LogP contribution >= 0.6 is 0 Å². The number of hydrogen-bond acceptors (Lipinski definition) is 9. The van der Waals surface area contributed by atoms with Crippen molar-refractivity contribution in [1.29, 1.82) is 0 Å². The molecule has 0 saturated carbocycles. The van der Waals surface area contributed by atoms with Crippen molar-refractivity contribution in [3.63, 3.8) is 0 Å². The molecule has 0 amide bonds. The molecule has 15 heteroatoms. The molecule has 3 aromatic rings. The monoisotopic (exact) mass is 762 g/mol. The van der Waals surface area contributed by atoms with E-state index in [4.69, 9.17) is 15.0 Å². The third-order valence-corrected chi connectivity index (χ3v) is 14.1. The highest BCUT2D eigenvalue weighted by atomic mass is 32.2. The van der Waals surface area contributed by atoms with Gasteiger partial charge in [-0.05, 0) is 73.4 Å². The molecule has 0 spiro atoms. The van der Waals surface area contributed by atoms with E-state index in [-0.39, 0.29) is 74.3 Å². The Kier molecular flexibility index (Phi) is 14.3. The molecule has 282 valence electrons. The normalized spacial score (nSPS) is 16.4. The van der Waals surface area contributed by atoms with Gasteiger partial charge in [0.05, 0.1) is 90.7 Å². The zero-order valence-corrected chi connectivity index (χ0v) is 33.2. The van der Waals surface area contributed by atoms with Gasteiger partial charge in [-0.1, -0.05) is 59.7 Å². The van der Waals surface area contributed by atoms with Crippen LogP contribution in [0.1, 0.15) is 95.0 Å². The first-order valence-electron chi connectivity index (χ1n) is 17.7. The van der Waals surface area contributed by atoms with Crippen LogP contribution in [-0.2, 0) is 69.3 Å². The number of nitrogens with zero attached hydrogens (tertiary/aromatic N) is 6. The molecule has 0 saturated heterocycles. The van der Waals surface area contributed by atoms with Crippen molar-refractivity contribution in [3.8, 4) is 0 Å². The third-order valence-electron chi connectivity index (χ3n) is 8.66. The molecule has 0 aromatic carbocycles. The Bertz CT molecular complexity index is 1650. The summed E-state index contributed by atoms with van der Waals surface area (Å²) in [5, 5.41) is 0. The van der Waals surface area contributed by atoms with Gasteiger partial charge in [-0.15, -0.1) is 0 Å². The van der Waals surface area contributed by atoms with Gasteiger partial charge in [0.25, 0.3) is 0 Å². The highest BCUT2D eigenvalue weighted by Crippen LogP contribution is 2.22. The minimum absolute atomic E-state index is 0.0421. The van der Waals surface area contributed by atoms with Crippen molar-refractivity contribution in [2.45, 2.75) is 100 Å². The fraction of sp³-hybridized carbons (Fsp3) is 0.583. The van der Waals surface area contributed by atoms with Gasteiger partial charge < -0.3 is 0 Å². The van der Waals surface area contributed by atoms with Crippen LogP contribution < -0.4 is 0 Å². The fourth-order valence-electron chi connectivity index (χ4n) is 5.50. The van der Waals surface area contributed by atoms with E-state index in [0.29, 0.717) is 53.4 Å². The molecule has 3 aromatic heterocycles. The lowest BCUT2D eigenvalue weighted by Gasteiger charge is -2.25. The van der Waals surface area contributed by atoms with E-state index in [9.17, 15) is 25.3 Å². The second kappa shape index (κ2) is 17.8. The summed E-state index contributed by atoms with van der Waals surface area (Å²) >= 11 is 0. The lowest BCUT2D eigenvalue weighted by molar-refractivity contribution is 0.372. The van der Waals surface area contributed by atoms with Crippen LogP contribution in [0.4, 0.5) is 0 Å². The molecule has 0 radical (unpaired) electrons. The second-order valence-corrected chi connectivity index (χ2v) is 20.9. The summed E-state index contributed by atoms with van der Waals surface area (Å²) < 4.78 is 86.9. The van der Waals surface area contributed by atoms with Crippen LogP contribution in [0.5, 0.6) is 0 Å². The van der Waals surface area contributed by atoms with Crippen LogP contribution in [0.15, 0.2) is 54.6 Å². The average molecular weight is 763 g/mol. The maximum absolute atomic E-state index is 13.8. The van der Waals surface area contributed by atoms with Crippen LogP contribution in [0.3, 0.4) is 0 Å². The number of rotatable bonds is 12. The summed E-state index contributed by atoms with van der Waals surface area (Å²) in [5.74, 6) is 0.341. The highest BCUT2D eigenvalue weighted by Gasteiger charge is 2.28. The molecule has 4 rings (SSSR count). The van der Waals surface area contributed by atoms with Gasteiger partial charge in [-0.25, -0.2) is 25.3 Å². The summed E-state index contributed by atoms with van der Waals surface area (Å²) in [7, 11) is -11.3. The van der Waals surface area contributed by atoms with Gasteiger partial charge in [-0.2, -0.15) is 12.9 Å². The van der Waals surface area contributed by atoms with E-state index in [2.05, 4.69) is 0 Å². The molecular formula is C36H54N6O6S3. The first-order chi connectivity index (χ1) is 23.9. The van der Waals surface area contributed by atoms with E-state index < -0.39 is 30.1 Å². The summed E-state index contributed by atoms with van der Waals surface area (Å²) in [5.41, 5.74) is 2.83. The molecule has 51 heavy (non-hydrogen) atoms. The average Bonchev–Trinajstić information content (AvgIpc) is 3.05. The Morgan fingerprint density at radius 2 is 0.627 bits per heavy atom. The summed E-state index contributed by atoms with van der Waals surface area (Å²) in [6.07, 6.45) is 1.42. The molecular weight excluding hydrogens is 709 g/mol. The largest absolute Gasteiger partial charge is 0.255 e. The van der Waals surface area contributed by atoms with E-state index >= 15 is 0 Å². The van der Waals surface area contributed by atoms with E-state index in [1.165, 1.54) is 12.9 Å². The minimum atomic E-state index is -3.77. The van der Waals surface area contributed by atoms with Crippen molar-refractivity contribution in [2.24, 2.45) is 17.8 Å². The third kappa shape index (κ3) is 12.7. The smallest absolute Gasteiger partial charge is 0.214 e. The molecule has 1 aliphatic rings. The Hall–Kier alpha value is -2.82.